The average molecular weight is 366 g/mol. The number of hydrogen-bond acceptors (Lipinski definition) is 5. The summed E-state index contributed by atoms with van der Waals surface area (Å²) in [6.45, 7) is 4.72. The summed E-state index contributed by atoms with van der Waals surface area (Å²) in [5, 5.41) is 8.93. The molecule has 0 fully saturated rings. The number of nitrogens with two attached hydrogens (primary N) is 1. The molecule has 0 aliphatic rings. The first kappa shape index (κ1) is 19.9. The monoisotopic (exact) mass is 366 g/mol. The molecule has 0 saturated carbocycles. The van der Waals surface area contributed by atoms with Crippen LogP contribution in [0.3, 0.4) is 0 Å². The molecule has 0 aliphatic carbocycles. The van der Waals surface area contributed by atoms with Gasteiger partial charge in [0.15, 0.2) is 11.5 Å². The van der Waals surface area contributed by atoms with Crippen molar-refractivity contribution in [3.8, 4) is 23.3 Å². The summed E-state index contributed by atoms with van der Waals surface area (Å²) in [7, 11) is 1.52. The highest BCUT2D eigenvalue weighted by atomic mass is 16.5. The van der Waals surface area contributed by atoms with Crippen molar-refractivity contribution in [3.63, 3.8) is 0 Å². The van der Waals surface area contributed by atoms with Crippen LogP contribution in [0.15, 0.2) is 42.0 Å². The Morgan fingerprint density at radius 1 is 1.11 bits per heavy atom. The van der Waals surface area contributed by atoms with E-state index in [4.69, 9.17) is 25.2 Å². The molecule has 0 spiro atoms. The molecule has 6 nitrogen and oxygen atoms in total. The predicted molar refractivity (Wildman–Crippen MR) is 103 cm³/mol. The summed E-state index contributed by atoms with van der Waals surface area (Å²) in [5.74, 6) is 1.11. The number of methoxy groups -OCH3 is 1. The number of aryl methyl sites for hydroxylation is 2. The molecule has 1 amide bonds. The lowest BCUT2D eigenvalue weighted by Crippen LogP contribution is -2.12. The van der Waals surface area contributed by atoms with E-state index in [1.165, 1.54) is 13.2 Å². The average Bonchev–Trinajstić information content (AvgIpc) is 2.65. The molecular formula is C21H22N2O4. The number of primary amides is 1. The number of nitrogens with zero attached hydrogens (tertiary/aromatic N) is 1. The van der Waals surface area contributed by atoms with Crippen molar-refractivity contribution in [1.29, 1.82) is 5.26 Å². The van der Waals surface area contributed by atoms with Gasteiger partial charge in [0, 0.05) is 0 Å². The number of ether oxygens (including phenoxy) is 3. The Morgan fingerprint density at radius 2 is 1.78 bits per heavy atom. The van der Waals surface area contributed by atoms with Crippen LogP contribution in [0, 0.1) is 25.2 Å². The highest BCUT2D eigenvalue weighted by Gasteiger charge is 2.09. The van der Waals surface area contributed by atoms with E-state index in [2.05, 4.69) is 0 Å². The molecule has 2 N–H and O–H groups in total. The third-order valence-electron chi connectivity index (χ3n) is 3.88. The first-order valence-electron chi connectivity index (χ1n) is 8.37. The predicted octanol–water partition coefficient (Wildman–Crippen LogP) is 3.16. The summed E-state index contributed by atoms with van der Waals surface area (Å²) in [5.41, 5.74) is 7.78. The van der Waals surface area contributed by atoms with Gasteiger partial charge in [-0.25, -0.2) is 0 Å². The van der Waals surface area contributed by atoms with Crippen molar-refractivity contribution in [3.05, 3.63) is 58.7 Å². The number of para-hydroxylation sites is 1. The number of hydrogen-bond donors (Lipinski definition) is 1. The van der Waals surface area contributed by atoms with Crippen molar-refractivity contribution in [2.75, 3.05) is 20.3 Å². The number of nitriles is 1. The second-order valence-corrected chi connectivity index (χ2v) is 5.86. The largest absolute Gasteiger partial charge is 0.493 e. The Balaban J connectivity index is 2.03. The standard InChI is InChI=1S/C21H22N2O4/c1-14-5-4-6-15(2)20(14)27-10-9-26-18-8-7-16(12-19(18)25-3)11-17(13-22)21(23)24/h4-8,11-12H,9-10H2,1-3H3,(H2,23,24). The molecule has 2 aromatic carbocycles. The van der Waals surface area contributed by atoms with Crippen molar-refractivity contribution < 1.29 is 19.0 Å². The third kappa shape index (κ3) is 5.25. The normalized spacial score (nSPS) is 10.8. The molecule has 0 unspecified atom stereocenters. The first-order valence-corrected chi connectivity index (χ1v) is 8.37. The molecule has 0 aliphatic heterocycles. The van der Waals surface area contributed by atoms with E-state index in [1.807, 2.05) is 32.0 Å². The van der Waals surface area contributed by atoms with E-state index in [0.717, 1.165) is 16.9 Å². The molecule has 0 bridgehead atoms. The van der Waals surface area contributed by atoms with Crippen LogP contribution >= 0.6 is 0 Å². The van der Waals surface area contributed by atoms with Crippen LogP contribution in [-0.4, -0.2) is 26.2 Å². The molecule has 0 heterocycles. The maximum absolute atomic E-state index is 11.2. The molecule has 0 radical (unpaired) electrons. The minimum absolute atomic E-state index is 0.132. The molecule has 27 heavy (non-hydrogen) atoms. The summed E-state index contributed by atoms with van der Waals surface area (Å²) >= 11 is 0. The van der Waals surface area contributed by atoms with Crippen molar-refractivity contribution >= 4 is 12.0 Å². The SMILES string of the molecule is COc1cc(C=C(C#N)C(N)=O)ccc1OCCOc1c(C)cccc1C. The summed E-state index contributed by atoms with van der Waals surface area (Å²) < 4.78 is 16.9. The number of amides is 1. The highest BCUT2D eigenvalue weighted by molar-refractivity contribution is 6.00. The van der Waals surface area contributed by atoms with Crippen molar-refractivity contribution in [2.45, 2.75) is 13.8 Å². The van der Waals surface area contributed by atoms with Gasteiger partial charge in [-0.15, -0.1) is 0 Å². The summed E-state index contributed by atoms with van der Waals surface area (Å²) in [6, 6.07) is 12.8. The smallest absolute Gasteiger partial charge is 0.259 e. The number of rotatable bonds is 8. The lowest BCUT2D eigenvalue weighted by molar-refractivity contribution is -0.114. The Hall–Kier alpha value is -3.46. The molecule has 2 rings (SSSR count). The van der Waals surface area contributed by atoms with Gasteiger partial charge in [0.25, 0.3) is 5.91 Å². The van der Waals surface area contributed by atoms with Gasteiger partial charge < -0.3 is 19.9 Å². The topological polar surface area (TPSA) is 94.6 Å². The fourth-order valence-corrected chi connectivity index (χ4v) is 2.54. The number of benzene rings is 2. The quantitative estimate of drug-likeness (QED) is 0.440. The van der Waals surface area contributed by atoms with E-state index in [0.29, 0.717) is 30.3 Å². The molecule has 0 saturated heterocycles. The zero-order valence-corrected chi connectivity index (χ0v) is 15.6. The maximum atomic E-state index is 11.2. The minimum Gasteiger partial charge on any atom is -0.493 e. The van der Waals surface area contributed by atoms with Crippen LogP contribution in [0.25, 0.3) is 6.08 Å². The third-order valence-corrected chi connectivity index (χ3v) is 3.88. The second-order valence-electron chi connectivity index (χ2n) is 5.86. The van der Waals surface area contributed by atoms with Gasteiger partial charge in [-0.2, -0.15) is 5.26 Å². The maximum Gasteiger partial charge on any atom is 0.259 e. The minimum atomic E-state index is -0.777. The molecule has 6 heteroatoms. The zero-order valence-electron chi connectivity index (χ0n) is 15.6. The van der Waals surface area contributed by atoms with E-state index >= 15 is 0 Å². The molecular weight excluding hydrogens is 344 g/mol. The highest BCUT2D eigenvalue weighted by Crippen LogP contribution is 2.29. The number of carbonyl (C=O) groups is 1. The molecule has 0 aromatic heterocycles. The van der Waals surface area contributed by atoms with Crippen LogP contribution in [0.2, 0.25) is 0 Å². The van der Waals surface area contributed by atoms with Crippen LogP contribution in [0.1, 0.15) is 16.7 Å². The second kappa shape index (κ2) is 9.30. The lowest BCUT2D eigenvalue weighted by atomic mass is 10.1. The lowest BCUT2D eigenvalue weighted by Gasteiger charge is -2.14. The van der Waals surface area contributed by atoms with Gasteiger partial charge in [0.05, 0.1) is 7.11 Å². The fraction of sp³-hybridized carbons (Fsp3) is 0.238. The zero-order chi connectivity index (χ0) is 19.8. The van der Waals surface area contributed by atoms with Crippen LogP contribution in [0.4, 0.5) is 0 Å². The van der Waals surface area contributed by atoms with Crippen LogP contribution in [0.5, 0.6) is 17.2 Å². The van der Waals surface area contributed by atoms with Crippen molar-refractivity contribution in [2.24, 2.45) is 5.73 Å². The van der Waals surface area contributed by atoms with E-state index in [9.17, 15) is 4.79 Å². The van der Waals surface area contributed by atoms with E-state index in [-0.39, 0.29) is 5.57 Å². The molecule has 140 valence electrons. The van der Waals surface area contributed by atoms with Gasteiger partial charge in [0.2, 0.25) is 0 Å². The van der Waals surface area contributed by atoms with Crippen LogP contribution in [-0.2, 0) is 4.79 Å². The Labute approximate surface area is 158 Å². The number of carbonyl (C=O) groups excluding carboxylic acids is 1. The van der Waals surface area contributed by atoms with E-state index in [1.54, 1.807) is 24.3 Å². The first-order chi connectivity index (χ1) is 13.0. The van der Waals surface area contributed by atoms with Gasteiger partial charge in [-0.05, 0) is 48.7 Å². The van der Waals surface area contributed by atoms with Gasteiger partial charge in [-0.1, -0.05) is 24.3 Å². The molecule has 0 atom stereocenters. The van der Waals surface area contributed by atoms with Gasteiger partial charge in [-0.3, -0.25) is 4.79 Å². The van der Waals surface area contributed by atoms with Gasteiger partial charge in [0.1, 0.15) is 30.6 Å². The fourth-order valence-electron chi connectivity index (χ4n) is 2.54. The van der Waals surface area contributed by atoms with Crippen molar-refractivity contribution in [1.82, 2.24) is 0 Å². The Kier molecular flexibility index (Phi) is 6.84. The van der Waals surface area contributed by atoms with E-state index < -0.39 is 5.91 Å². The summed E-state index contributed by atoms with van der Waals surface area (Å²) in [6.07, 6.45) is 1.40. The van der Waals surface area contributed by atoms with Crippen LogP contribution < -0.4 is 19.9 Å². The Morgan fingerprint density at radius 3 is 2.37 bits per heavy atom. The summed E-state index contributed by atoms with van der Waals surface area (Å²) in [4.78, 5) is 11.2. The van der Waals surface area contributed by atoms with Gasteiger partial charge >= 0.3 is 0 Å². The Bertz CT molecular complexity index is 877. The molecule has 2 aromatic rings.